The fourth-order valence-electron chi connectivity index (χ4n) is 6.98. The number of carbonyl (C=O) groups excluding carboxylic acids is 2. The number of hydrogen-bond donors (Lipinski definition) is 3. The number of anilines is 1. The van der Waals surface area contributed by atoms with E-state index >= 15 is 0 Å². The van der Waals surface area contributed by atoms with Crippen molar-refractivity contribution < 1.29 is 33.7 Å². The molecule has 3 aromatic rings. The van der Waals surface area contributed by atoms with Crippen LogP contribution in [0.2, 0.25) is 0 Å². The van der Waals surface area contributed by atoms with Gasteiger partial charge in [0.05, 0.1) is 25.5 Å². The molecule has 0 unspecified atom stereocenters. The Morgan fingerprint density at radius 2 is 1.77 bits per heavy atom. The van der Waals surface area contributed by atoms with Gasteiger partial charge in [0.1, 0.15) is 29.6 Å². The van der Waals surface area contributed by atoms with Crippen LogP contribution in [0.15, 0.2) is 41.1 Å². The number of ether oxygens (including phenoxy) is 2. The molecule has 0 bridgehead atoms. The quantitative estimate of drug-likeness (QED) is 0.233. The predicted molar refractivity (Wildman–Crippen MR) is 178 cm³/mol. The van der Waals surface area contributed by atoms with Gasteiger partial charge in [0.25, 0.3) is 0 Å². The zero-order valence-electron chi connectivity index (χ0n) is 27.8. The largest absolute Gasteiger partial charge is 0.495 e. The van der Waals surface area contributed by atoms with Gasteiger partial charge in [0.2, 0.25) is 5.91 Å². The Bertz CT molecular complexity index is 1540. The van der Waals surface area contributed by atoms with E-state index < -0.39 is 18.8 Å². The van der Waals surface area contributed by atoms with E-state index in [9.17, 15) is 14.7 Å². The van der Waals surface area contributed by atoms with E-state index in [2.05, 4.69) is 11.4 Å². The SMILES string of the molecule is COc1ccc(C2CCC(CN(C(=O)C3CCC(OC(=O)NC[C@H](O)CO)CC3)c3cc(-c4coc(C5CC5)n4)ccn3)CC2)nc1C. The lowest BCUT2D eigenvalue weighted by atomic mass is 9.79. The summed E-state index contributed by atoms with van der Waals surface area (Å²) >= 11 is 0. The van der Waals surface area contributed by atoms with Crippen LogP contribution in [-0.4, -0.2) is 76.2 Å². The molecule has 0 saturated heterocycles. The van der Waals surface area contributed by atoms with E-state index in [0.29, 0.717) is 55.8 Å². The zero-order valence-corrected chi connectivity index (χ0v) is 27.8. The highest BCUT2D eigenvalue weighted by atomic mass is 16.6. The van der Waals surface area contributed by atoms with Gasteiger partial charge in [-0.05, 0) is 101 Å². The fourth-order valence-corrected chi connectivity index (χ4v) is 6.98. The highest BCUT2D eigenvalue weighted by Crippen LogP contribution is 2.41. The van der Waals surface area contributed by atoms with Crippen LogP contribution >= 0.6 is 0 Å². The summed E-state index contributed by atoms with van der Waals surface area (Å²) in [6.07, 6.45) is 9.94. The van der Waals surface area contributed by atoms with Gasteiger partial charge in [0, 0.05) is 48.3 Å². The van der Waals surface area contributed by atoms with Crippen molar-refractivity contribution in [3.8, 4) is 17.0 Å². The minimum absolute atomic E-state index is 0.0435. The molecule has 0 aromatic carbocycles. The van der Waals surface area contributed by atoms with E-state index in [-0.39, 0.29) is 24.5 Å². The lowest BCUT2D eigenvalue weighted by Crippen LogP contribution is -2.43. The van der Waals surface area contributed by atoms with E-state index in [1.54, 1.807) is 19.6 Å². The van der Waals surface area contributed by atoms with Gasteiger partial charge >= 0.3 is 6.09 Å². The Morgan fingerprint density at radius 1 is 1.02 bits per heavy atom. The number of aryl methyl sites for hydroxylation is 1. The predicted octanol–water partition coefficient (Wildman–Crippen LogP) is 5.27. The third kappa shape index (κ3) is 8.33. The van der Waals surface area contributed by atoms with Crippen molar-refractivity contribution in [1.82, 2.24) is 20.3 Å². The molecule has 0 spiro atoms. The van der Waals surface area contributed by atoms with Gasteiger partial charge in [-0.15, -0.1) is 0 Å². The van der Waals surface area contributed by atoms with Gasteiger partial charge in [-0.2, -0.15) is 0 Å². The molecule has 12 heteroatoms. The number of amides is 2. The van der Waals surface area contributed by atoms with Crippen LogP contribution in [0, 0.1) is 18.8 Å². The molecule has 3 fully saturated rings. The summed E-state index contributed by atoms with van der Waals surface area (Å²) in [7, 11) is 1.66. The van der Waals surface area contributed by atoms with Crippen molar-refractivity contribution in [2.24, 2.45) is 11.8 Å². The Labute approximate surface area is 281 Å². The highest BCUT2D eigenvalue weighted by molar-refractivity contribution is 5.94. The molecule has 6 rings (SSSR count). The number of aliphatic hydroxyl groups is 2. The number of aromatic nitrogens is 3. The standard InChI is InChI=1S/C36H47N5O7/c1-22-32(46-2)14-13-30(39-22)24-5-3-23(4-6-24)19-41(33-17-27(15-16-37-33)31-21-47-34(40-31)25-7-8-25)35(44)26-9-11-29(12-10-26)48-36(45)38-18-28(43)20-42/h13-17,21,23-26,28-29,42-43H,3-12,18-20H2,1-2H3,(H,38,45)/t23?,24?,26?,28-,29?/m0/s1. The molecule has 3 N–H and O–H groups in total. The number of carbonyl (C=O) groups is 2. The minimum atomic E-state index is -1.04. The van der Waals surface area contributed by atoms with Crippen LogP contribution < -0.4 is 15.0 Å². The van der Waals surface area contributed by atoms with Crippen molar-refractivity contribution in [3.63, 3.8) is 0 Å². The highest BCUT2D eigenvalue weighted by Gasteiger charge is 2.35. The Balaban J connectivity index is 1.13. The monoisotopic (exact) mass is 661 g/mol. The van der Waals surface area contributed by atoms with E-state index in [0.717, 1.165) is 72.8 Å². The third-order valence-corrected chi connectivity index (χ3v) is 10.0. The molecule has 1 atom stereocenters. The first-order valence-electron chi connectivity index (χ1n) is 17.3. The number of aliphatic hydroxyl groups excluding tert-OH is 2. The summed E-state index contributed by atoms with van der Waals surface area (Å²) in [6.45, 7) is 2.03. The van der Waals surface area contributed by atoms with Crippen LogP contribution in [0.3, 0.4) is 0 Å². The smallest absolute Gasteiger partial charge is 0.407 e. The molecular weight excluding hydrogens is 614 g/mol. The topological polar surface area (TPSA) is 160 Å². The van der Waals surface area contributed by atoms with Crippen LogP contribution in [0.1, 0.15) is 93.3 Å². The number of pyridine rings is 2. The number of methoxy groups -OCH3 is 1. The molecule has 2 amide bonds. The first-order valence-corrected chi connectivity index (χ1v) is 17.3. The number of nitrogens with zero attached hydrogens (tertiary/aromatic N) is 4. The Morgan fingerprint density at radius 3 is 2.46 bits per heavy atom. The zero-order chi connectivity index (χ0) is 33.6. The maximum Gasteiger partial charge on any atom is 0.407 e. The molecule has 3 heterocycles. The number of nitrogens with one attached hydrogen (secondary N) is 1. The molecule has 3 saturated carbocycles. The van der Waals surface area contributed by atoms with Crippen molar-refractivity contribution in [2.75, 3.05) is 31.7 Å². The number of hydrogen-bond acceptors (Lipinski definition) is 10. The first kappa shape index (κ1) is 33.9. The van der Waals surface area contributed by atoms with Crippen molar-refractivity contribution in [1.29, 1.82) is 0 Å². The summed E-state index contributed by atoms with van der Waals surface area (Å²) in [5.41, 5.74) is 3.62. The fraction of sp³-hybridized carbons (Fsp3) is 0.583. The summed E-state index contributed by atoms with van der Waals surface area (Å²) in [6, 6.07) is 7.92. The van der Waals surface area contributed by atoms with Crippen molar-refractivity contribution >= 4 is 17.8 Å². The minimum Gasteiger partial charge on any atom is -0.495 e. The maximum atomic E-state index is 14.3. The van der Waals surface area contributed by atoms with Crippen LogP contribution in [0.5, 0.6) is 5.75 Å². The van der Waals surface area contributed by atoms with Gasteiger partial charge in [-0.25, -0.2) is 14.8 Å². The van der Waals surface area contributed by atoms with E-state index in [1.807, 2.05) is 30.0 Å². The average Bonchev–Trinajstić information content (AvgIpc) is 3.85. The first-order chi connectivity index (χ1) is 23.3. The maximum absolute atomic E-state index is 14.3. The molecule has 258 valence electrons. The van der Waals surface area contributed by atoms with Crippen LogP contribution in [0.25, 0.3) is 11.3 Å². The number of alkyl carbamates (subject to hydrolysis) is 1. The molecule has 3 aromatic heterocycles. The molecule has 3 aliphatic carbocycles. The average molecular weight is 662 g/mol. The lowest BCUT2D eigenvalue weighted by Gasteiger charge is -2.35. The lowest BCUT2D eigenvalue weighted by molar-refractivity contribution is -0.124. The van der Waals surface area contributed by atoms with Crippen molar-refractivity contribution in [2.45, 2.75) is 95.2 Å². The molecule has 12 nitrogen and oxygen atoms in total. The summed E-state index contributed by atoms with van der Waals surface area (Å²) < 4.78 is 16.7. The van der Waals surface area contributed by atoms with Crippen LogP contribution in [-0.2, 0) is 9.53 Å². The van der Waals surface area contributed by atoms with Crippen molar-refractivity contribution in [3.05, 3.63) is 54.0 Å². The van der Waals surface area contributed by atoms with Crippen LogP contribution in [0.4, 0.5) is 10.6 Å². The normalized spacial score (nSPS) is 23.2. The summed E-state index contributed by atoms with van der Waals surface area (Å²) in [5, 5.41) is 20.9. The summed E-state index contributed by atoms with van der Waals surface area (Å²) in [5.74, 6) is 3.11. The second-order valence-corrected chi connectivity index (χ2v) is 13.5. The Kier molecular flexibility index (Phi) is 10.9. The molecule has 48 heavy (non-hydrogen) atoms. The van der Waals surface area contributed by atoms with Gasteiger partial charge in [-0.1, -0.05) is 0 Å². The molecular formula is C36H47N5O7. The second-order valence-electron chi connectivity index (χ2n) is 13.5. The van der Waals surface area contributed by atoms with E-state index in [4.69, 9.17) is 33.9 Å². The molecule has 0 aliphatic heterocycles. The second kappa shape index (κ2) is 15.5. The third-order valence-electron chi connectivity index (χ3n) is 10.0. The van der Waals surface area contributed by atoms with Gasteiger partial charge in [0.15, 0.2) is 5.89 Å². The number of rotatable bonds is 12. The number of oxazole rings is 1. The molecule has 3 aliphatic rings. The van der Waals surface area contributed by atoms with Gasteiger partial charge < -0.3 is 29.4 Å². The summed E-state index contributed by atoms with van der Waals surface area (Å²) in [4.78, 5) is 42.6. The molecule has 0 radical (unpaired) electrons. The van der Waals surface area contributed by atoms with E-state index in [1.165, 1.54) is 0 Å². The van der Waals surface area contributed by atoms with Gasteiger partial charge in [-0.3, -0.25) is 14.7 Å². The Hall–Kier alpha value is -4.03.